The lowest BCUT2D eigenvalue weighted by atomic mass is 10.2. The summed E-state index contributed by atoms with van der Waals surface area (Å²) in [4.78, 5) is 3.34. The Bertz CT molecular complexity index is 507. The van der Waals surface area contributed by atoms with Crippen LogP contribution in [0.4, 0.5) is 13.2 Å². The van der Waals surface area contributed by atoms with Crippen LogP contribution in [0, 0.1) is 0 Å². The Kier molecular flexibility index (Phi) is 2.59. The highest BCUT2D eigenvalue weighted by atomic mass is 35.5. The summed E-state index contributed by atoms with van der Waals surface area (Å²) in [6.45, 7) is 0. The molecule has 1 heterocycles. The van der Waals surface area contributed by atoms with E-state index in [0.29, 0.717) is 10.6 Å². The molecule has 84 valence electrons. The van der Waals surface area contributed by atoms with Gasteiger partial charge >= 0.3 is 6.18 Å². The number of nitrogens with one attached hydrogen (secondary N) is 1. The lowest BCUT2D eigenvalue weighted by Gasteiger charge is -1.98. The molecule has 0 aliphatic carbocycles. The number of alkyl halides is 3. The highest BCUT2D eigenvalue weighted by molar-refractivity contribution is 6.30. The number of H-pyrrole nitrogens is 1. The molecule has 0 aliphatic heterocycles. The first-order valence-electron chi connectivity index (χ1n) is 4.22. The molecule has 0 spiro atoms. The van der Waals surface area contributed by atoms with Gasteiger partial charge in [-0.05, 0) is 12.1 Å². The first-order valence-corrected chi connectivity index (χ1v) is 4.60. The van der Waals surface area contributed by atoms with E-state index in [0.717, 1.165) is 0 Å². The minimum absolute atomic E-state index is 0.0326. The van der Waals surface area contributed by atoms with Crippen molar-refractivity contribution in [2.75, 3.05) is 0 Å². The lowest BCUT2D eigenvalue weighted by Crippen LogP contribution is -2.07. The molecule has 0 saturated heterocycles. The standard InChI is InChI=1S/C9H5ClF3N3/c10-6-3-1-2-5(4-6)7-14-8(16-15-7)9(11,12)13/h1-4H,(H,14,15,16). The van der Waals surface area contributed by atoms with Crippen molar-refractivity contribution >= 4 is 11.6 Å². The van der Waals surface area contributed by atoms with Gasteiger partial charge in [-0.3, -0.25) is 5.10 Å². The predicted octanol–water partition coefficient (Wildman–Crippen LogP) is 3.14. The van der Waals surface area contributed by atoms with Crippen LogP contribution in [0.2, 0.25) is 5.02 Å². The molecule has 2 rings (SSSR count). The molecule has 0 amide bonds. The molecule has 0 saturated carbocycles. The van der Waals surface area contributed by atoms with Crippen LogP contribution in [0.15, 0.2) is 24.3 Å². The van der Waals surface area contributed by atoms with Gasteiger partial charge in [0.1, 0.15) is 0 Å². The van der Waals surface area contributed by atoms with Gasteiger partial charge in [0.15, 0.2) is 5.82 Å². The zero-order valence-electron chi connectivity index (χ0n) is 7.72. The number of hydrogen-bond acceptors (Lipinski definition) is 2. The summed E-state index contributed by atoms with van der Waals surface area (Å²) in [6, 6.07) is 6.30. The van der Waals surface area contributed by atoms with Crippen molar-refractivity contribution in [3.63, 3.8) is 0 Å². The van der Waals surface area contributed by atoms with E-state index in [2.05, 4.69) is 10.1 Å². The van der Waals surface area contributed by atoms with E-state index < -0.39 is 12.0 Å². The van der Waals surface area contributed by atoms with Gasteiger partial charge in [-0.25, -0.2) is 4.98 Å². The molecule has 0 bridgehead atoms. The molecule has 3 nitrogen and oxygen atoms in total. The Morgan fingerprint density at radius 1 is 1.25 bits per heavy atom. The Morgan fingerprint density at radius 3 is 2.56 bits per heavy atom. The van der Waals surface area contributed by atoms with Crippen LogP contribution in [0.25, 0.3) is 11.4 Å². The van der Waals surface area contributed by atoms with E-state index in [1.807, 2.05) is 5.10 Å². The molecule has 0 aliphatic rings. The average Bonchev–Trinajstić information content (AvgIpc) is 2.65. The summed E-state index contributed by atoms with van der Waals surface area (Å²) in [5.74, 6) is -1.16. The molecular weight excluding hydrogens is 243 g/mol. The van der Waals surface area contributed by atoms with E-state index in [9.17, 15) is 13.2 Å². The molecule has 16 heavy (non-hydrogen) atoms. The Hall–Kier alpha value is -1.56. The van der Waals surface area contributed by atoms with Crippen molar-refractivity contribution in [1.82, 2.24) is 15.2 Å². The third kappa shape index (κ3) is 2.16. The minimum Gasteiger partial charge on any atom is -0.255 e. The zero-order valence-corrected chi connectivity index (χ0v) is 8.47. The van der Waals surface area contributed by atoms with Crippen molar-refractivity contribution < 1.29 is 13.2 Å². The van der Waals surface area contributed by atoms with Crippen LogP contribution in [0.3, 0.4) is 0 Å². The molecular formula is C9H5ClF3N3. The van der Waals surface area contributed by atoms with Crippen LogP contribution >= 0.6 is 11.6 Å². The molecule has 1 aromatic heterocycles. The second kappa shape index (κ2) is 3.79. The Balaban J connectivity index is 2.39. The van der Waals surface area contributed by atoms with E-state index in [-0.39, 0.29) is 5.82 Å². The fraction of sp³-hybridized carbons (Fsp3) is 0.111. The van der Waals surface area contributed by atoms with E-state index in [4.69, 9.17) is 11.6 Å². The zero-order chi connectivity index (χ0) is 11.8. The van der Waals surface area contributed by atoms with Gasteiger partial charge < -0.3 is 0 Å². The maximum absolute atomic E-state index is 12.2. The third-order valence-electron chi connectivity index (χ3n) is 1.84. The minimum atomic E-state index is -4.52. The smallest absolute Gasteiger partial charge is 0.255 e. The molecule has 7 heteroatoms. The first kappa shape index (κ1) is 10.9. The van der Waals surface area contributed by atoms with Crippen molar-refractivity contribution in [3.8, 4) is 11.4 Å². The second-order valence-corrected chi connectivity index (χ2v) is 3.45. The van der Waals surface area contributed by atoms with Crippen LogP contribution in [-0.2, 0) is 6.18 Å². The van der Waals surface area contributed by atoms with Crippen molar-refractivity contribution in [3.05, 3.63) is 35.1 Å². The van der Waals surface area contributed by atoms with Gasteiger partial charge in [-0.1, -0.05) is 23.7 Å². The molecule has 1 N–H and O–H groups in total. The monoisotopic (exact) mass is 247 g/mol. The van der Waals surface area contributed by atoms with E-state index in [1.54, 1.807) is 18.2 Å². The summed E-state index contributed by atoms with van der Waals surface area (Å²) >= 11 is 5.70. The number of rotatable bonds is 1. The van der Waals surface area contributed by atoms with Gasteiger partial charge in [0.05, 0.1) is 0 Å². The fourth-order valence-electron chi connectivity index (χ4n) is 1.15. The summed E-state index contributed by atoms with van der Waals surface area (Å²) in [7, 11) is 0. The number of hydrogen-bond donors (Lipinski definition) is 1. The molecule has 2 aromatic rings. The average molecular weight is 248 g/mol. The van der Waals surface area contributed by atoms with Crippen molar-refractivity contribution in [2.45, 2.75) is 6.18 Å². The molecule has 0 atom stereocenters. The van der Waals surface area contributed by atoms with Gasteiger partial charge in [0, 0.05) is 10.6 Å². The van der Waals surface area contributed by atoms with E-state index in [1.165, 1.54) is 6.07 Å². The van der Waals surface area contributed by atoms with Crippen LogP contribution in [-0.4, -0.2) is 15.2 Å². The number of nitrogens with zero attached hydrogens (tertiary/aromatic N) is 2. The summed E-state index contributed by atoms with van der Waals surface area (Å²) in [6.07, 6.45) is -4.52. The molecule has 0 unspecified atom stereocenters. The third-order valence-corrected chi connectivity index (χ3v) is 2.07. The van der Waals surface area contributed by atoms with Gasteiger partial charge in [-0.2, -0.15) is 18.3 Å². The molecule has 0 fully saturated rings. The number of benzene rings is 1. The first-order chi connectivity index (χ1) is 7.47. The fourth-order valence-corrected chi connectivity index (χ4v) is 1.34. The highest BCUT2D eigenvalue weighted by Crippen LogP contribution is 2.28. The summed E-state index contributed by atoms with van der Waals surface area (Å²) in [5.41, 5.74) is 0.430. The summed E-state index contributed by atoms with van der Waals surface area (Å²) in [5, 5.41) is 5.73. The second-order valence-electron chi connectivity index (χ2n) is 3.02. The Labute approximate surface area is 93.3 Å². The number of aromatic nitrogens is 3. The maximum atomic E-state index is 12.2. The maximum Gasteiger partial charge on any atom is 0.451 e. The SMILES string of the molecule is FC(F)(F)c1nc(-c2cccc(Cl)c2)n[nH]1. The molecule has 0 radical (unpaired) electrons. The lowest BCUT2D eigenvalue weighted by molar-refractivity contribution is -0.144. The van der Waals surface area contributed by atoms with Crippen LogP contribution in [0.5, 0.6) is 0 Å². The van der Waals surface area contributed by atoms with E-state index >= 15 is 0 Å². The quantitative estimate of drug-likeness (QED) is 0.841. The number of halogens is 4. The normalized spacial score (nSPS) is 11.8. The van der Waals surface area contributed by atoms with Crippen molar-refractivity contribution in [2.24, 2.45) is 0 Å². The number of aromatic amines is 1. The summed E-state index contributed by atoms with van der Waals surface area (Å²) < 4.78 is 36.7. The van der Waals surface area contributed by atoms with Gasteiger partial charge in [-0.15, -0.1) is 0 Å². The Morgan fingerprint density at radius 2 is 2.00 bits per heavy atom. The highest BCUT2D eigenvalue weighted by Gasteiger charge is 2.35. The van der Waals surface area contributed by atoms with Gasteiger partial charge in [0.2, 0.25) is 5.82 Å². The molecule has 1 aromatic carbocycles. The predicted molar refractivity (Wildman–Crippen MR) is 51.8 cm³/mol. The largest absolute Gasteiger partial charge is 0.451 e. The van der Waals surface area contributed by atoms with Crippen LogP contribution < -0.4 is 0 Å². The topological polar surface area (TPSA) is 41.6 Å². The van der Waals surface area contributed by atoms with Gasteiger partial charge in [0.25, 0.3) is 0 Å². The van der Waals surface area contributed by atoms with Crippen LogP contribution in [0.1, 0.15) is 5.82 Å². The van der Waals surface area contributed by atoms with Crippen molar-refractivity contribution in [1.29, 1.82) is 0 Å².